The summed E-state index contributed by atoms with van der Waals surface area (Å²) in [5, 5.41) is 8.78. The third-order valence-corrected chi connectivity index (χ3v) is 5.48. The Morgan fingerprint density at radius 1 is 1.40 bits per heavy atom. The number of aromatic nitrogens is 1. The fourth-order valence-corrected chi connectivity index (χ4v) is 3.96. The van der Waals surface area contributed by atoms with E-state index in [4.69, 9.17) is 9.84 Å². The minimum absolute atomic E-state index is 0.0956. The number of halogens is 1. The number of carbonyl (C=O) groups is 2. The highest BCUT2D eigenvalue weighted by Gasteiger charge is 2.23. The number of esters is 1. The first-order chi connectivity index (χ1) is 11.7. The molecule has 0 aliphatic rings. The van der Waals surface area contributed by atoms with E-state index >= 15 is 0 Å². The standard InChI is InChI=1S/C14H13FN2O6S2/c1-3-23-13(20)11-7(2)16-14(24-11)17-25(21,22)8-4-5-10(15)9(6-8)12(18)19/h4-6H,3H2,1-2H3,(H,16,17)(H,18,19). The topological polar surface area (TPSA) is 123 Å². The second-order valence-electron chi connectivity index (χ2n) is 4.71. The minimum atomic E-state index is -4.21. The molecule has 25 heavy (non-hydrogen) atoms. The molecule has 0 amide bonds. The largest absolute Gasteiger partial charge is 0.478 e. The zero-order valence-corrected chi connectivity index (χ0v) is 14.7. The lowest BCUT2D eigenvalue weighted by atomic mass is 10.2. The van der Waals surface area contributed by atoms with Gasteiger partial charge in [-0.15, -0.1) is 0 Å². The number of anilines is 1. The summed E-state index contributed by atoms with van der Waals surface area (Å²) in [5.41, 5.74) is -0.489. The fourth-order valence-electron chi connectivity index (χ4n) is 1.84. The zero-order valence-electron chi connectivity index (χ0n) is 13.1. The summed E-state index contributed by atoms with van der Waals surface area (Å²) in [6, 6.07) is 2.37. The van der Waals surface area contributed by atoms with Crippen LogP contribution >= 0.6 is 11.3 Å². The van der Waals surface area contributed by atoms with Crippen molar-refractivity contribution in [3.63, 3.8) is 0 Å². The molecule has 0 fully saturated rings. The maximum atomic E-state index is 13.4. The molecule has 2 rings (SSSR count). The molecule has 11 heteroatoms. The Balaban J connectivity index is 2.34. The van der Waals surface area contributed by atoms with Gasteiger partial charge < -0.3 is 9.84 Å². The van der Waals surface area contributed by atoms with E-state index in [0.29, 0.717) is 6.07 Å². The van der Waals surface area contributed by atoms with E-state index in [2.05, 4.69) is 9.71 Å². The number of rotatable bonds is 6. The number of carboxylic acid groups (broad SMARTS) is 1. The van der Waals surface area contributed by atoms with E-state index in [-0.39, 0.29) is 22.3 Å². The van der Waals surface area contributed by atoms with Gasteiger partial charge in [0.15, 0.2) is 5.13 Å². The van der Waals surface area contributed by atoms with Crippen LogP contribution in [-0.2, 0) is 14.8 Å². The van der Waals surface area contributed by atoms with Crippen LogP contribution in [0.5, 0.6) is 0 Å². The maximum Gasteiger partial charge on any atom is 0.350 e. The first-order valence-corrected chi connectivity index (χ1v) is 9.16. The van der Waals surface area contributed by atoms with Crippen molar-refractivity contribution < 1.29 is 32.2 Å². The quantitative estimate of drug-likeness (QED) is 0.728. The number of nitrogens with zero attached hydrogens (tertiary/aromatic N) is 1. The number of sulfonamides is 1. The van der Waals surface area contributed by atoms with Gasteiger partial charge >= 0.3 is 11.9 Å². The zero-order chi connectivity index (χ0) is 18.8. The predicted molar refractivity (Wildman–Crippen MR) is 87.0 cm³/mol. The second-order valence-corrected chi connectivity index (χ2v) is 7.39. The van der Waals surface area contributed by atoms with Crippen molar-refractivity contribution in [2.24, 2.45) is 0 Å². The summed E-state index contributed by atoms with van der Waals surface area (Å²) in [6.07, 6.45) is 0. The Kier molecular flexibility index (Phi) is 5.38. The van der Waals surface area contributed by atoms with Gasteiger partial charge in [-0.1, -0.05) is 11.3 Å². The summed E-state index contributed by atoms with van der Waals surface area (Å²) < 4.78 is 45.0. The highest BCUT2D eigenvalue weighted by Crippen LogP contribution is 2.26. The first-order valence-electron chi connectivity index (χ1n) is 6.86. The van der Waals surface area contributed by atoms with Gasteiger partial charge in [0.05, 0.1) is 22.8 Å². The summed E-state index contributed by atoms with van der Waals surface area (Å²) in [5.74, 6) is -3.27. The Bertz CT molecular complexity index is 939. The molecule has 134 valence electrons. The molecule has 0 aliphatic heterocycles. The predicted octanol–water partition coefficient (Wildman–Crippen LogP) is 2.27. The monoisotopic (exact) mass is 388 g/mol. The Morgan fingerprint density at radius 2 is 2.08 bits per heavy atom. The number of benzene rings is 1. The van der Waals surface area contributed by atoms with Crippen LogP contribution in [0.2, 0.25) is 0 Å². The highest BCUT2D eigenvalue weighted by molar-refractivity contribution is 7.93. The lowest BCUT2D eigenvalue weighted by Crippen LogP contribution is -2.14. The van der Waals surface area contributed by atoms with Crippen LogP contribution in [-0.4, -0.2) is 37.1 Å². The first kappa shape index (κ1) is 18.8. The molecule has 1 aromatic carbocycles. The SMILES string of the molecule is CCOC(=O)c1sc(NS(=O)(=O)c2ccc(F)c(C(=O)O)c2)nc1C. The van der Waals surface area contributed by atoms with Gasteiger partial charge in [-0.3, -0.25) is 4.72 Å². The van der Waals surface area contributed by atoms with Crippen molar-refractivity contribution in [1.82, 2.24) is 4.98 Å². The van der Waals surface area contributed by atoms with Crippen molar-refractivity contribution >= 4 is 38.4 Å². The summed E-state index contributed by atoms with van der Waals surface area (Å²) in [6.45, 7) is 3.30. The average Bonchev–Trinajstić information content (AvgIpc) is 2.87. The third kappa shape index (κ3) is 4.12. The highest BCUT2D eigenvalue weighted by atomic mass is 32.2. The molecular formula is C14H13FN2O6S2. The molecule has 2 aromatic rings. The van der Waals surface area contributed by atoms with Crippen molar-refractivity contribution in [3.05, 3.63) is 40.2 Å². The Labute approximate surface area is 146 Å². The molecule has 2 N–H and O–H groups in total. The van der Waals surface area contributed by atoms with Gasteiger partial charge in [0.25, 0.3) is 10.0 Å². The van der Waals surface area contributed by atoms with E-state index in [1.54, 1.807) is 6.92 Å². The van der Waals surface area contributed by atoms with E-state index in [1.165, 1.54) is 6.92 Å². The van der Waals surface area contributed by atoms with Crippen LogP contribution < -0.4 is 4.72 Å². The molecule has 0 saturated carbocycles. The number of hydrogen-bond acceptors (Lipinski definition) is 7. The van der Waals surface area contributed by atoms with Crippen LogP contribution in [0.3, 0.4) is 0 Å². The fraction of sp³-hybridized carbons (Fsp3) is 0.214. The number of aryl methyl sites for hydroxylation is 1. The second kappa shape index (κ2) is 7.15. The third-order valence-electron chi connectivity index (χ3n) is 2.96. The van der Waals surface area contributed by atoms with Crippen molar-refractivity contribution in [2.45, 2.75) is 18.7 Å². The molecule has 1 heterocycles. The molecular weight excluding hydrogens is 375 g/mol. The summed E-state index contributed by atoms with van der Waals surface area (Å²) >= 11 is 0.776. The lowest BCUT2D eigenvalue weighted by molar-refractivity contribution is 0.0530. The van der Waals surface area contributed by atoms with Gasteiger partial charge in [-0.25, -0.2) is 27.4 Å². The molecule has 0 saturated heterocycles. The normalized spacial score (nSPS) is 11.2. The molecule has 0 bridgehead atoms. The van der Waals surface area contributed by atoms with Gasteiger partial charge in [0, 0.05) is 0 Å². The molecule has 0 atom stereocenters. The van der Waals surface area contributed by atoms with Crippen molar-refractivity contribution in [3.8, 4) is 0 Å². The lowest BCUT2D eigenvalue weighted by Gasteiger charge is -2.06. The van der Waals surface area contributed by atoms with Crippen LogP contribution in [0, 0.1) is 12.7 Å². The number of hydrogen-bond donors (Lipinski definition) is 2. The van der Waals surface area contributed by atoms with Gasteiger partial charge in [-0.05, 0) is 32.0 Å². The molecule has 0 radical (unpaired) electrons. The van der Waals surface area contributed by atoms with Crippen molar-refractivity contribution in [2.75, 3.05) is 11.3 Å². The van der Waals surface area contributed by atoms with Gasteiger partial charge in [0.2, 0.25) is 0 Å². The molecule has 1 aromatic heterocycles. The van der Waals surface area contributed by atoms with Gasteiger partial charge in [0.1, 0.15) is 10.7 Å². The summed E-state index contributed by atoms with van der Waals surface area (Å²) in [7, 11) is -4.21. The smallest absolute Gasteiger partial charge is 0.350 e. The number of aromatic carboxylic acids is 1. The molecule has 0 aliphatic carbocycles. The van der Waals surface area contributed by atoms with Gasteiger partial charge in [-0.2, -0.15) is 0 Å². The van der Waals surface area contributed by atoms with E-state index in [1.807, 2.05) is 0 Å². The van der Waals surface area contributed by atoms with Crippen LogP contribution in [0.1, 0.15) is 32.6 Å². The van der Waals surface area contributed by atoms with Crippen LogP contribution in [0.15, 0.2) is 23.1 Å². The Morgan fingerprint density at radius 3 is 2.68 bits per heavy atom. The summed E-state index contributed by atoms with van der Waals surface area (Å²) in [4.78, 5) is 26.3. The number of thiazole rings is 1. The average molecular weight is 388 g/mol. The molecule has 0 unspecified atom stereocenters. The van der Waals surface area contributed by atoms with Crippen LogP contribution in [0.4, 0.5) is 9.52 Å². The minimum Gasteiger partial charge on any atom is -0.478 e. The van der Waals surface area contributed by atoms with E-state index < -0.39 is 38.2 Å². The van der Waals surface area contributed by atoms with Crippen LogP contribution in [0.25, 0.3) is 0 Å². The van der Waals surface area contributed by atoms with E-state index in [9.17, 15) is 22.4 Å². The number of carbonyl (C=O) groups excluding carboxylic acids is 1. The van der Waals surface area contributed by atoms with Crippen molar-refractivity contribution in [1.29, 1.82) is 0 Å². The number of nitrogens with one attached hydrogen (secondary N) is 1. The Hall–Kier alpha value is -2.53. The maximum absolute atomic E-state index is 13.4. The number of ether oxygens (including phenoxy) is 1. The molecule has 0 spiro atoms. The van der Waals surface area contributed by atoms with E-state index in [0.717, 1.165) is 23.5 Å². The molecule has 8 nitrogen and oxygen atoms in total. The number of carboxylic acids is 1.